The van der Waals surface area contributed by atoms with Crippen molar-refractivity contribution in [3.05, 3.63) is 68.2 Å². The molecule has 1 fully saturated rings. The number of aromatic nitrogens is 2. The second-order valence-corrected chi connectivity index (χ2v) is 9.39. The molecule has 36 heavy (non-hydrogen) atoms. The number of alkyl halides is 3. The van der Waals surface area contributed by atoms with Gasteiger partial charge in [-0.05, 0) is 58.0 Å². The van der Waals surface area contributed by atoms with E-state index in [4.69, 9.17) is 21.1 Å². The van der Waals surface area contributed by atoms with Gasteiger partial charge in [0.2, 0.25) is 0 Å². The van der Waals surface area contributed by atoms with Gasteiger partial charge in [0.05, 0.1) is 33.7 Å². The van der Waals surface area contributed by atoms with Crippen molar-refractivity contribution >= 4 is 28.4 Å². The molecule has 192 valence electrons. The number of rotatable bonds is 4. The predicted molar refractivity (Wildman–Crippen MR) is 129 cm³/mol. The number of hydrogen-bond acceptors (Lipinski definition) is 5. The molecular formula is C25H25ClF3N3O4. The number of aromatic amines is 1. The van der Waals surface area contributed by atoms with E-state index in [1.807, 2.05) is 13.8 Å². The van der Waals surface area contributed by atoms with Gasteiger partial charge in [-0.2, -0.15) is 13.2 Å². The summed E-state index contributed by atoms with van der Waals surface area (Å²) in [5.74, 6) is 0.0862. The van der Waals surface area contributed by atoms with Crippen molar-refractivity contribution in [2.75, 3.05) is 13.1 Å². The van der Waals surface area contributed by atoms with Gasteiger partial charge in [-0.15, -0.1) is 0 Å². The number of H-pyrrole nitrogens is 1. The number of benzene rings is 2. The molecule has 11 heteroatoms. The van der Waals surface area contributed by atoms with Crippen LogP contribution in [0.5, 0.6) is 5.75 Å². The SMILES string of the molecule is Cc1nc2cc(C(F)(F)F)c([C@H](C)Oc3ccc(C(=O)N4C[C@@H](C)O[C@@H](C)C4)cc3Cl)cc2c(=O)[nH]1. The molecule has 1 saturated heterocycles. The Labute approximate surface area is 210 Å². The number of aryl methyl sites for hydroxylation is 1. The van der Waals surface area contributed by atoms with Crippen molar-refractivity contribution in [2.45, 2.75) is 52.2 Å². The lowest BCUT2D eigenvalue weighted by molar-refractivity contribution is -0.138. The van der Waals surface area contributed by atoms with Gasteiger partial charge in [0.25, 0.3) is 11.5 Å². The van der Waals surface area contributed by atoms with Gasteiger partial charge >= 0.3 is 6.18 Å². The van der Waals surface area contributed by atoms with Gasteiger partial charge < -0.3 is 19.4 Å². The first-order valence-corrected chi connectivity index (χ1v) is 11.7. The van der Waals surface area contributed by atoms with Crippen molar-refractivity contribution in [2.24, 2.45) is 0 Å². The number of hydrogen-bond donors (Lipinski definition) is 1. The van der Waals surface area contributed by atoms with Crippen LogP contribution in [0.25, 0.3) is 10.9 Å². The monoisotopic (exact) mass is 523 g/mol. The molecule has 1 aliphatic heterocycles. The van der Waals surface area contributed by atoms with Crippen LogP contribution in [-0.2, 0) is 10.9 Å². The molecule has 1 aliphatic rings. The molecule has 0 aliphatic carbocycles. The van der Waals surface area contributed by atoms with Crippen LogP contribution in [0.15, 0.2) is 35.1 Å². The van der Waals surface area contributed by atoms with E-state index in [1.54, 1.807) is 4.90 Å². The Bertz CT molecular complexity index is 1370. The zero-order chi connectivity index (χ0) is 26.4. The summed E-state index contributed by atoms with van der Waals surface area (Å²) in [5, 5.41) is 0.0894. The molecule has 0 saturated carbocycles. The van der Waals surface area contributed by atoms with Crippen LogP contribution in [0.1, 0.15) is 54.2 Å². The molecule has 2 aromatic carbocycles. The van der Waals surface area contributed by atoms with Gasteiger partial charge in [-0.25, -0.2) is 4.98 Å². The van der Waals surface area contributed by atoms with E-state index in [2.05, 4.69) is 9.97 Å². The summed E-state index contributed by atoms with van der Waals surface area (Å²) >= 11 is 6.36. The van der Waals surface area contributed by atoms with E-state index in [0.29, 0.717) is 18.7 Å². The molecule has 1 amide bonds. The van der Waals surface area contributed by atoms with E-state index in [0.717, 1.165) is 12.1 Å². The molecule has 1 aromatic heterocycles. The Balaban J connectivity index is 1.63. The lowest BCUT2D eigenvalue weighted by Gasteiger charge is -2.35. The molecule has 0 unspecified atom stereocenters. The normalized spacial score (nSPS) is 19.4. The van der Waals surface area contributed by atoms with Crippen LogP contribution in [-0.4, -0.2) is 46.1 Å². The fourth-order valence-electron chi connectivity index (χ4n) is 4.41. The number of nitrogens with one attached hydrogen (secondary N) is 1. The smallest absolute Gasteiger partial charge is 0.416 e. The molecule has 3 aromatic rings. The van der Waals surface area contributed by atoms with E-state index >= 15 is 0 Å². The van der Waals surface area contributed by atoms with Gasteiger partial charge in [-0.3, -0.25) is 9.59 Å². The Morgan fingerprint density at radius 1 is 1.22 bits per heavy atom. The molecule has 0 spiro atoms. The number of fused-ring (bicyclic) bond motifs is 1. The predicted octanol–water partition coefficient (Wildman–Crippen LogP) is 5.29. The number of amides is 1. The summed E-state index contributed by atoms with van der Waals surface area (Å²) in [6, 6.07) is 6.38. The van der Waals surface area contributed by atoms with Crippen LogP contribution >= 0.6 is 11.6 Å². The van der Waals surface area contributed by atoms with E-state index < -0.39 is 23.4 Å². The zero-order valence-corrected chi connectivity index (χ0v) is 20.8. The average Bonchev–Trinajstić information content (AvgIpc) is 2.77. The third-order valence-corrected chi connectivity index (χ3v) is 6.22. The number of halogens is 4. The summed E-state index contributed by atoms with van der Waals surface area (Å²) in [7, 11) is 0. The summed E-state index contributed by atoms with van der Waals surface area (Å²) in [6.45, 7) is 7.56. The molecule has 4 rings (SSSR count). The Hall–Kier alpha value is -3.11. The Kier molecular flexibility index (Phi) is 7.03. The number of nitrogens with zero attached hydrogens (tertiary/aromatic N) is 2. The highest BCUT2D eigenvalue weighted by Gasteiger charge is 2.36. The number of ether oxygens (including phenoxy) is 2. The van der Waals surface area contributed by atoms with Crippen LogP contribution in [0.4, 0.5) is 13.2 Å². The first-order chi connectivity index (χ1) is 16.8. The van der Waals surface area contributed by atoms with Crippen molar-refractivity contribution in [3.8, 4) is 5.75 Å². The molecule has 2 heterocycles. The van der Waals surface area contributed by atoms with Gasteiger partial charge in [0.1, 0.15) is 17.7 Å². The second-order valence-electron chi connectivity index (χ2n) is 8.98. The van der Waals surface area contributed by atoms with Crippen molar-refractivity contribution in [1.29, 1.82) is 0 Å². The topological polar surface area (TPSA) is 84.5 Å². The minimum absolute atomic E-state index is 0.0139. The highest BCUT2D eigenvalue weighted by atomic mass is 35.5. The third kappa shape index (κ3) is 5.34. The van der Waals surface area contributed by atoms with E-state index in [9.17, 15) is 22.8 Å². The standard InChI is InChI=1S/C25H25ClF3N3O4/c1-12-10-32(11-13(2)35-12)24(34)16-5-6-22(20(26)7-16)36-14(3)17-8-18-21(9-19(17)25(27,28)29)30-15(4)31-23(18)33/h5-9,12-14H,10-11H2,1-4H3,(H,30,31,33)/t12-,13+,14-/m0/s1. The molecule has 1 N–H and O–H groups in total. The van der Waals surface area contributed by atoms with E-state index in [-0.39, 0.29) is 51.2 Å². The van der Waals surface area contributed by atoms with Gasteiger partial charge in [0, 0.05) is 24.2 Å². The van der Waals surface area contributed by atoms with Gasteiger partial charge in [0.15, 0.2) is 0 Å². The van der Waals surface area contributed by atoms with Crippen LogP contribution < -0.4 is 10.3 Å². The van der Waals surface area contributed by atoms with Crippen molar-refractivity contribution < 1.29 is 27.4 Å². The molecule has 0 radical (unpaired) electrons. The van der Waals surface area contributed by atoms with Gasteiger partial charge in [-0.1, -0.05) is 11.6 Å². The van der Waals surface area contributed by atoms with Crippen molar-refractivity contribution in [3.63, 3.8) is 0 Å². The second kappa shape index (κ2) is 9.74. The maximum absolute atomic E-state index is 13.9. The summed E-state index contributed by atoms with van der Waals surface area (Å²) in [5.41, 5.74) is -1.48. The number of morpholine rings is 1. The first-order valence-electron chi connectivity index (χ1n) is 11.4. The van der Waals surface area contributed by atoms with Crippen molar-refractivity contribution in [1.82, 2.24) is 14.9 Å². The Morgan fingerprint density at radius 3 is 2.50 bits per heavy atom. The molecule has 0 bridgehead atoms. The summed E-state index contributed by atoms with van der Waals surface area (Å²) < 4.78 is 53.1. The summed E-state index contributed by atoms with van der Waals surface area (Å²) in [6.07, 6.45) is -6.03. The maximum atomic E-state index is 13.9. The Morgan fingerprint density at radius 2 is 1.89 bits per heavy atom. The fraction of sp³-hybridized carbons (Fsp3) is 0.400. The lowest BCUT2D eigenvalue weighted by Crippen LogP contribution is -2.48. The summed E-state index contributed by atoms with van der Waals surface area (Å²) in [4.78, 5) is 33.5. The quantitative estimate of drug-likeness (QED) is 0.502. The minimum atomic E-state index is -4.70. The number of carbonyl (C=O) groups is 1. The number of carbonyl (C=O) groups excluding carboxylic acids is 1. The molecule has 3 atom stereocenters. The maximum Gasteiger partial charge on any atom is 0.416 e. The largest absolute Gasteiger partial charge is 0.484 e. The van der Waals surface area contributed by atoms with E-state index in [1.165, 1.54) is 32.0 Å². The average molecular weight is 524 g/mol. The van der Waals surface area contributed by atoms with Crippen LogP contribution in [0.3, 0.4) is 0 Å². The first kappa shape index (κ1) is 26.0. The third-order valence-electron chi connectivity index (χ3n) is 5.93. The zero-order valence-electron chi connectivity index (χ0n) is 20.1. The molecular weight excluding hydrogens is 499 g/mol. The van der Waals surface area contributed by atoms with Crippen LogP contribution in [0.2, 0.25) is 5.02 Å². The van der Waals surface area contributed by atoms with Crippen LogP contribution in [0, 0.1) is 6.92 Å². The fourth-order valence-corrected chi connectivity index (χ4v) is 4.64. The molecule has 7 nitrogen and oxygen atoms in total. The highest BCUT2D eigenvalue weighted by molar-refractivity contribution is 6.32. The highest BCUT2D eigenvalue weighted by Crippen LogP contribution is 2.39. The minimum Gasteiger partial charge on any atom is -0.484 e. The lowest BCUT2D eigenvalue weighted by atomic mass is 9.99.